The molecule has 2 heterocycles. The molecule has 144 valence electrons. The van der Waals surface area contributed by atoms with Crippen LogP contribution < -0.4 is 0 Å². The highest BCUT2D eigenvalue weighted by molar-refractivity contribution is 8.00. The van der Waals surface area contributed by atoms with E-state index in [-0.39, 0.29) is 11.2 Å². The van der Waals surface area contributed by atoms with Gasteiger partial charge in [-0.05, 0) is 31.9 Å². The largest absolute Gasteiger partial charge is 0.451 e. The lowest BCUT2D eigenvalue weighted by Crippen LogP contribution is -2.52. The molecule has 0 saturated heterocycles. The van der Waals surface area contributed by atoms with Crippen molar-refractivity contribution < 1.29 is 9.21 Å². The van der Waals surface area contributed by atoms with Gasteiger partial charge >= 0.3 is 0 Å². The minimum atomic E-state index is -0.690. The van der Waals surface area contributed by atoms with E-state index in [0.717, 1.165) is 48.6 Å². The van der Waals surface area contributed by atoms with Crippen LogP contribution in [-0.4, -0.2) is 38.6 Å². The molecule has 3 aromatic rings. The Morgan fingerprint density at radius 2 is 2.04 bits per heavy atom. The van der Waals surface area contributed by atoms with E-state index in [9.17, 15) is 10.1 Å². The normalized spacial score (nSPS) is 17.3. The summed E-state index contributed by atoms with van der Waals surface area (Å²) in [5, 5.41) is 11.0. The predicted molar refractivity (Wildman–Crippen MR) is 109 cm³/mol. The molecule has 1 aliphatic carbocycles. The van der Waals surface area contributed by atoms with Gasteiger partial charge in [0, 0.05) is 12.4 Å². The zero-order valence-electron chi connectivity index (χ0n) is 16.0. The first kappa shape index (κ1) is 18.8. The van der Waals surface area contributed by atoms with Crippen molar-refractivity contribution in [3.8, 4) is 6.07 Å². The first-order valence-corrected chi connectivity index (χ1v) is 10.4. The van der Waals surface area contributed by atoms with Gasteiger partial charge in [-0.2, -0.15) is 5.26 Å². The molecule has 0 aliphatic heterocycles. The number of rotatable bonds is 4. The maximum absolute atomic E-state index is 13.1. The molecule has 28 heavy (non-hydrogen) atoms. The molecular formula is C21H22N4O2S. The maximum atomic E-state index is 13.1. The lowest BCUT2D eigenvalue weighted by molar-refractivity contribution is -0.133. The molecule has 1 amide bonds. The van der Waals surface area contributed by atoms with E-state index >= 15 is 0 Å². The SMILES string of the molecule is C[C@@H](Sc1ncnc2c1oc1ccccc12)C(=O)N(C)C1(C#N)CCCCC1. The van der Waals surface area contributed by atoms with Crippen molar-refractivity contribution >= 4 is 39.7 Å². The van der Waals surface area contributed by atoms with Crippen molar-refractivity contribution in [2.75, 3.05) is 7.05 Å². The van der Waals surface area contributed by atoms with E-state index in [1.807, 2.05) is 31.2 Å². The molecule has 1 saturated carbocycles. The van der Waals surface area contributed by atoms with Crippen molar-refractivity contribution in [1.82, 2.24) is 14.9 Å². The number of hydrogen-bond acceptors (Lipinski definition) is 6. The maximum Gasteiger partial charge on any atom is 0.236 e. The number of para-hydroxylation sites is 1. The number of hydrogen-bond donors (Lipinski definition) is 0. The van der Waals surface area contributed by atoms with Crippen molar-refractivity contribution in [3.05, 3.63) is 30.6 Å². The standard InChI is InChI=1S/C21H22N4O2S/c1-14(20(26)25(2)21(12-22)10-6-3-7-11-21)28-19-18-17(23-13-24-19)15-8-4-5-9-16(15)27-18/h4-5,8-9,13-14H,3,6-7,10-11H2,1-2H3/t14-/m1/s1. The van der Waals surface area contributed by atoms with E-state index in [0.29, 0.717) is 10.6 Å². The lowest BCUT2D eigenvalue weighted by Gasteiger charge is -2.40. The molecule has 0 bridgehead atoms. The van der Waals surface area contributed by atoms with Crippen LogP contribution in [0.4, 0.5) is 0 Å². The van der Waals surface area contributed by atoms with Gasteiger partial charge in [0.05, 0.1) is 11.3 Å². The molecule has 6 nitrogen and oxygen atoms in total. The third-order valence-corrected chi connectivity index (χ3v) is 6.69. The number of nitrogens with zero attached hydrogens (tertiary/aromatic N) is 4. The van der Waals surface area contributed by atoms with Gasteiger partial charge in [-0.1, -0.05) is 43.2 Å². The summed E-state index contributed by atoms with van der Waals surface area (Å²) in [7, 11) is 1.75. The highest BCUT2D eigenvalue weighted by Crippen LogP contribution is 2.37. The van der Waals surface area contributed by atoms with Crippen molar-refractivity contribution in [2.45, 2.75) is 54.8 Å². The summed E-state index contributed by atoms with van der Waals surface area (Å²) in [5.74, 6) is -0.0590. The second-order valence-electron chi connectivity index (χ2n) is 7.32. The third-order valence-electron chi connectivity index (χ3n) is 5.62. The quantitative estimate of drug-likeness (QED) is 0.477. The van der Waals surface area contributed by atoms with Crippen LogP contribution in [0.1, 0.15) is 39.0 Å². The predicted octanol–water partition coefficient (Wildman–Crippen LogP) is 4.54. The molecule has 0 N–H and O–H groups in total. The number of fused-ring (bicyclic) bond motifs is 3. The zero-order chi connectivity index (χ0) is 19.7. The van der Waals surface area contributed by atoms with E-state index < -0.39 is 5.54 Å². The number of thioether (sulfide) groups is 1. The highest BCUT2D eigenvalue weighted by Gasteiger charge is 2.40. The van der Waals surface area contributed by atoms with E-state index in [4.69, 9.17) is 4.42 Å². The number of benzene rings is 1. The summed E-state index contributed by atoms with van der Waals surface area (Å²) in [6.45, 7) is 1.86. The number of furan rings is 1. The minimum absolute atomic E-state index is 0.0590. The van der Waals surface area contributed by atoms with Gasteiger partial charge < -0.3 is 9.32 Å². The number of amides is 1. The average molecular weight is 395 g/mol. The van der Waals surface area contributed by atoms with Gasteiger partial charge in [-0.15, -0.1) is 0 Å². The Bertz CT molecular complexity index is 1070. The highest BCUT2D eigenvalue weighted by atomic mass is 32.2. The fraction of sp³-hybridized carbons (Fsp3) is 0.429. The first-order valence-electron chi connectivity index (χ1n) is 9.53. The van der Waals surface area contributed by atoms with Gasteiger partial charge in [-0.25, -0.2) is 9.97 Å². The van der Waals surface area contributed by atoms with Crippen LogP contribution in [0, 0.1) is 11.3 Å². The molecule has 0 radical (unpaired) electrons. The smallest absolute Gasteiger partial charge is 0.236 e. The molecule has 7 heteroatoms. The van der Waals surface area contributed by atoms with Crippen LogP contribution in [0.15, 0.2) is 40.0 Å². The Kier molecular flexibility index (Phi) is 4.98. The van der Waals surface area contributed by atoms with E-state index in [1.165, 1.54) is 18.1 Å². The van der Waals surface area contributed by atoms with Crippen molar-refractivity contribution in [3.63, 3.8) is 0 Å². The summed E-state index contributed by atoms with van der Waals surface area (Å²) < 4.78 is 5.96. The van der Waals surface area contributed by atoms with Gasteiger partial charge in [0.25, 0.3) is 0 Å². The van der Waals surface area contributed by atoms with Crippen molar-refractivity contribution in [1.29, 1.82) is 5.26 Å². The number of aromatic nitrogens is 2. The number of carbonyl (C=O) groups excluding carboxylic acids is 1. The molecule has 2 aromatic heterocycles. The monoisotopic (exact) mass is 394 g/mol. The molecule has 1 aliphatic rings. The van der Waals surface area contributed by atoms with Crippen LogP contribution in [-0.2, 0) is 4.79 Å². The Balaban J connectivity index is 1.60. The second-order valence-corrected chi connectivity index (χ2v) is 8.65. The topological polar surface area (TPSA) is 83.0 Å². The fourth-order valence-electron chi connectivity index (χ4n) is 3.95. The molecule has 0 spiro atoms. The second kappa shape index (κ2) is 7.44. The zero-order valence-corrected chi connectivity index (χ0v) is 16.8. The summed E-state index contributed by atoms with van der Waals surface area (Å²) in [4.78, 5) is 23.5. The Morgan fingerprint density at radius 1 is 1.29 bits per heavy atom. The molecule has 4 rings (SSSR count). The average Bonchev–Trinajstić information content (AvgIpc) is 3.13. The van der Waals surface area contributed by atoms with Gasteiger partial charge in [0.1, 0.15) is 28.0 Å². The Labute approximate surface area is 167 Å². The molecule has 1 aromatic carbocycles. The van der Waals surface area contributed by atoms with Crippen LogP contribution in [0.5, 0.6) is 0 Å². The summed E-state index contributed by atoms with van der Waals surface area (Å²) >= 11 is 1.35. The summed E-state index contributed by atoms with van der Waals surface area (Å²) in [6, 6.07) is 10.1. The van der Waals surface area contributed by atoms with Crippen LogP contribution in [0.25, 0.3) is 22.1 Å². The molecule has 1 fully saturated rings. The fourth-order valence-corrected chi connectivity index (χ4v) is 4.89. The summed E-state index contributed by atoms with van der Waals surface area (Å²) in [6.07, 6.45) is 6.08. The van der Waals surface area contributed by atoms with Gasteiger partial charge in [0.2, 0.25) is 5.91 Å². The lowest BCUT2D eigenvalue weighted by atomic mass is 9.81. The number of carbonyl (C=O) groups is 1. The Morgan fingerprint density at radius 3 is 2.79 bits per heavy atom. The van der Waals surface area contributed by atoms with E-state index in [1.54, 1.807) is 11.9 Å². The van der Waals surface area contributed by atoms with Crippen molar-refractivity contribution in [2.24, 2.45) is 0 Å². The van der Waals surface area contributed by atoms with Crippen LogP contribution in [0.3, 0.4) is 0 Å². The molecular weight excluding hydrogens is 372 g/mol. The minimum Gasteiger partial charge on any atom is -0.451 e. The van der Waals surface area contributed by atoms with Crippen LogP contribution >= 0.6 is 11.8 Å². The van der Waals surface area contributed by atoms with Gasteiger partial charge in [-0.3, -0.25) is 4.79 Å². The summed E-state index contributed by atoms with van der Waals surface area (Å²) in [5.41, 5.74) is 1.41. The molecule has 0 unspecified atom stereocenters. The third kappa shape index (κ3) is 3.12. The first-order chi connectivity index (χ1) is 13.6. The van der Waals surface area contributed by atoms with E-state index in [2.05, 4.69) is 16.0 Å². The van der Waals surface area contributed by atoms with Crippen LogP contribution in [0.2, 0.25) is 0 Å². The number of nitriles is 1. The van der Waals surface area contributed by atoms with Gasteiger partial charge in [0.15, 0.2) is 5.58 Å². The Hall–Kier alpha value is -2.59. The molecule has 1 atom stereocenters.